The number of hydrogen-bond donors (Lipinski definition) is 2. The molecule has 0 amide bonds. The van der Waals surface area contributed by atoms with Crippen LogP contribution >= 0.6 is 0 Å². The number of nitrogen functional groups attached to an aromatic ring is 1. The van der Waals surface area contributed by atoms with E-state index >= 15 is 0 Å². The van der Waals surface area contributed by atoms with Gasteiger partial charge in [0.05, 0.1) is 23.5 Å². The molecule has 0 bridgehead atoms. The molecule has 158 valence electrons. The van der Waals surface area contributed by atoms with Gasteiger partial charge in [-0.25, -0.2) is 18.7 Å². The van der Waals surface area contributed by atoms with Gasteiger partial charge in [0.15, 0.2) is 11.5 Å². The summed E-state index contributed by atoms with van der Waals surface area (Å²) in [5, 5.41) is 9.73. The molecule has 0 spiro atoms. The third-order valence-corrected chi connectivity index (χ3v) is 5.04. The highest BCUT2D eigenvalue weighted by Gasteiger charge is 2.21. The number of nitrogens with two attached hydrogens (primary N) is 1. The van der Waals surface area contributed by atoms with Crippen molar-refractivity contribution in [2.75, 3.05) is 5.73 Å². The number of anilines is 1. The van der Waals surface area contributed by atoms with Gasteiger partial charge < -0.3 is 10.8 Å². The molecule has 9 heteroatoms. The number of nitrogens with zero attached hydrogens (tertiary/aromatic N) is 4. The van der Waals surface area contributed by atoms with Gasteiger partial charge in [0.2, 0.25) is 0 Å². The highest BCUT2D eigenvalue weighted by atomic mass is 19.1. The summed E-state index contributed by atoms with van der Waals surface area (Å²) < 4.78 is 30.5. The van der Waals surface area contributed by atoms with Crippen LogP contribution in [0, 0.1) is 11.6 Å². The molecule has 3 heterocycles. The number of benzene rings is 2. The highest BCUT2D eigenvalue weighted by molar-refractivity contribution is 5.89. The standard InChI is InChI=1S/C23H15F2N5O2/c24-15-5-1-3-13(8-15)20-21(14-7-12-4-2-6-27-19(12)17(25)9-14)30-11-16(10-18(31)32)28-23(30)22(26)29-20/h1-9,11H,10H2,(H2,26,29)(H,31,32). The molecule has 0 unspecified atom stereocenters. The number of carboxylic acid groups (broad SMARTS) is 1. The lowest BCUT2D eigenvalue weighted by Crippen LogP contribution is -2.04. The van der Waals surface area contributed by atoms with Crippen LogP contribution in [0.3, 0.4) is 0 Å². The summed E-state index contributed by atoms with van der Waals surface area (Å²) in [6.07, 6.45) is 2.69. The van der Waals surface area contributed by atoms with Crippen molar-refractivity contribution in [1.29, 1.82) is 0 Å². The Labute approximate surface area is 179 Å². The van der Waals surface area contributed by atoms with E-state index in [1.807, 2.05) is 0 Å². The smallest absolute Gasteiger partial charge is 0.309 e. The Kier molecular flexibility index (Phi) is 4.51. The molecule has 3 N–H and O–H groups in total. The second kappa shape index (κ2) is 7.38. The lowest BCUT2D eigenvalue weighted by atomic mass is 10.0. The largest absolute Gasteiger partial charge is 0.481 e. The molecular weight excluding hydrogens is 416 g/mol. The maximum atomic E-state index is 14.9. The van der Waals surface area contributed by atoms with E-state index in [0.717, 1.165) is 0 Å². The van der Waals surface area contributed by atoms with E-state index in [1.165, 1.54) is 36.7 Å². The third kappa shape index (κ3) is 3.29. The Morgan fingerprint density at radius 2 is 1.91 bits per heavy atom. The van der Waals surface area contributed by atoms with E-state index < -0.39 is 17.6 Å². The number of halogens is 2. The molecule has 5 aromatic rings. The zero-order chi connectivity index (χ0) is 22.4. The van der Waals surface area contributed by atoms with Gasteiger partial charge in [-0.15, -0.1) is 0 Å². The highest BCUT2D eigenvalue weighted by Crippen LogP contribution is 2.35. The monoisotopic (exact) mass is 431 g/mol. The summed E-state index contributed by atoms with van der Waals surface area (Å²) in [4.78, 5) is 24.0. The van der Waals surface area contributed by atoms with Crippen molar-refractivity contribution in [2.45, 2.75) is 6.42 Å². The van der Waals surface area contributed by atoms with Crippen LogP contribution in [0.4, 0.5) is 14.6 Å². The van der Waals surface area contributed by atoms with Crippen LogP contribution in [0.2, 0.25) is 0 Å². The number of fused-ring (bicyclic) bond motifs is 2. The Bertz CT molecular complexity index is 1530. The molecule has 0 radical (unpaired) electrons. The summed E-state index contributed by atoms with van der Waals surface area (Å²) in [6, 6.07) is 12.2. The first-order valence-electron chi connectivity index (χ1n) is 9.60. The lowest BCUT2D eigenvalue weighted by Gasteiger charge is -2.14. The van der Waals surface area contributed by atoms with Crippen molar-refractivity contribution < 1.29 is 18.7 Å². The summed E-state index contributed by atoms with van der Waals surface area (Å²) in [5.41, 5.74) is 8.37. The summed E-state index contributed by atoms with van der Waals surface area (Å²) in [6.45, 7) is 0. The second-order valence-corrected chi connectivity index (χ2v) is 7.23. The Morgan fingerprint density at radius 3 is 2.69 bits per heavy atom. The van der Waals surface area contributed by atoms with Gasteiger partial charge in [-0.1, -0.05) is 18.2 Å². The normalized spacial score (nSPS) is 11.3. The Hall–Kier alpha value is -4.40. The van der Waals surface area contributed by atoms with Gasteiger partial charge in [0.25, 0.3) is 0 Å². The van der Waals surface area contributed by atoms with Crippen molar-refractivity contribution in [3.8, 4) is 22.5 Å². The topological polar surface area (TPSA) is 106 Å². The van der Waals surface area contributed by atoms with Gasteiger partial charge in [0.1, 0.15) is 17.2 Å². The third-order valence-electron chi connectivity index (χ3n) is 5.04. The number of carbonyl (C=O) groups is 1. The average Bonchev–Trinajstić information content (AvgIpc) is 3.17. The molecule has 3 aromatic heterocycles. The van der Waals surface area contributed by atoms with E-state index in [4.69, 9.17) is 5.73 Å². The summed E-state index contributed by atoms with van der Waals surface area (Å²) in [7, 11) is 0. The molecular formula is C23H15F2N5O2. The first-order valence-corrected chi connectivity index (χ1v) is 9.60. The SMILES string of the molecule is Nc1nc(-c2cccc(F)c2)c(-c2cc(F)c3ncccc3c2)n2cc(CC(=O)O)nc12. The van der Waals surface area contributed by atoms with E-state index in [-0.39, 0.29) is 29.1 Å². The molecule has 0 fully saturated rings. The minimum atomic E-state index is -1.06. The Morgan fingerprint density at radius 1 is 1.06 bits per heavy atom. The van der Waals surface area contributed by atoms with Gasteiger partial charge >= 0.3 is 5.97 Å². The number of pyridine rings is 1. The first kappa shape index (κ1) is 19.6. The zero-order valence-corrected chi connectivity index (χ0v) is 16.5. The van der Waals surface area contributed by atoms with Crippen LogP contribution in [-0.2, 0) is 11.2 Å². The molecule has 7 nitrogen and oxygen atoms in total. The lowest BCUT2D eigenvalue weighted by molar-refractivity contribution is -0.136. The number of aliphatic carboxylic acids is 1. The van der Waals surface area contributed by atoms with E-state index in [1.54, 1.807) is 28.7 Å². The zero-order valence-electron chi connectivity index (χ0n) is 16.5. The number of carboxylic acids is 1. The maximum Gasteiger partial charge on any atom is 0.309 e. The number of aromatic nitrogens is 4. The predicted octanol–water partition coefficient (Wildman–Crippen LogP) is 4.10. The quantitative estimate of drug-likeness (QED) is 0.444. The molecule has 0 saturated carbocycles. The van der Waals surface area contributed by atoms with E-state index in [0.29, 0.717) is 27.9 Å². The van der Waals surface area contributed by atoms with Crippen molar-refractivity contribution in [2.24, 2.45) is 0 Å². The van der Waals surface area contributed by atoms with Gasteiger partial charge in [0, 0.05) is 28.9 Å². The number of hydrogen-bond acceptors (Lipinski definition) is 5. The van der Waals surface area contributed by atoms with Crippen molar-refractivity contribution >= 4 is 28.3 Å². The molecule has 0 saturated heterocycles. The Balaban J connectivity index is 1.88. The number of rotatable bonds is 4. The summed E-state index contributed by atoms with van der Waals surface area (Å²) >= 11 is 0. The van der Waals surface area contributed by atoms with Crippen LogP contribution in [0.15, 0.2) is 60.9 Å². The fraction of sp³-hybridized carbons (Fsp3) is 0.0435. The molecule has 2 aromatic carbocycles. The van der Waals surface area contributed by atoms with E-state index in [2.05, 4.69) is 15.0 Å². The molecule has 5 rings (SSSR count). The van der Waals surface area contributed by atoms with Crippen LogP contribution in [0.1, 0.15) is 5.69 Å². The van der Waals surface area contributed by atoms with Crippen LogP contribution in [0.25, 0.3) is 39.1 Å². The van der Waals surface area contributed by atoms with E-state index in [9.17, 15) is 18.7 Å². The molecule has 0 aliphatic carbocycles. The van der Waals surface area contributed by atoms with Crippen molar-refractivity contribution in [3.05, 3.63) is 78.3 Å². The summed E-state index contributed by atoms with van der Waals surface area (Å²) in [5.74, 6) is -2.04. The number of imidazole rings is 1. The fourth-order valence-electron chi connectivity index (χ4n) is 3.76. The predicted molar refractivity (Wildman–Crippen MR) is 115 cm³/mol. The van der Waals surface area contributed by atoms with Gasteiger partial charge in [-0.3, -0.25) is 14.2 Å². The minimum Gasteiger partial charge on any atom is -0.481 e. The van der Waals surface area contributed by atoms with Crippen molar-refractivity contribution in [1.82, 2.24) is 19.4 Å². The second-order valence-electron chi connectivity index (χ2n) is 7.23. The maximum absolute atomic E-state index is 14.9. The van der Waals surface area contributed by atoms with Gasteiger partial charge in [-0.2, -0.15) is 0 Å². The molecule has 0 aliphatic rings. The first-order chi connectivity index (χ1) is 15.4. The minimum absolute atomic E-state index is 0.0348. The van der Waals surface area contributed by atoms with Gasteiger partial charge in [-0.05, 0) is 30.3 Å². The molecule has 0 atom stereocenters. The fourth-order valence-corrected chi connectivity index (χ4v) is 3.76. The average molecular weight is 431 g/mol. The molecule has 0 aliphatic heterocycles. The van der Waals surface area contributed by atoms with Crippen LogP contribution in [-0.4, -0.2) is 30.4 Å². The van der Waals surface area contributed by atoms with Crippen molar-refractivity contribution in [3.63, 3.8) is 0 Å². The van der Waals surface area contributed by atoms with Crippen LogP contribution in [0.5, 0.6) is 0 Å². The molecule has 32 heavy (non-hydrogen) atoms. The van der Waals surface area contributed by atoms with Crippen LogP contribution < -0.4 is 5.73 Å².